The number of hydrogen-bond donors (Lipinski definition) is 1. The van der Waals surface area contributed by atoms with Gasteiger partial charge in [0.1, 0.15) is 5.75 Å². The molecule has 0 bridgehead atoms. The Labute approximate surface area is 139 Å². The minimum atomic E-state index is -0.398. The summed E-state index contributed by atoms with van der Waals surface area (Å²) in [6, 6.07) is 14.4. The monoisotopic (exact) mass is 322 g/mol. The standard InChI is InChI=1S/C19H18N2O3/c1-3-21-12-17(16-6-4-5-7-18(16)21)19(23)24-15-10-8-14(9-11-15)20-13(2)22/h4-12H,3H2,1-2H3,(H,20,22). The third-order valence-corrected chi connectivity index (χ3v) is 3.73. The van der Waals surface area contributed by atoms with Crippen LogP contribution in [0.4, 0.5) is 5.69 Å². The Morgan fingerprint density at radius 1 is 1.08 bits per heavy atom. The molecular formula is C19H18N2O3. The van der Waals surface area contributed by atoms with E-state index >= 15 is 0 Å². The number of fused-ring (bicyclic) bond motifs is 1. The molecule has 0 radical (unpaired) electrons. The molecule has 122 valence electrons. The highest BCUT2D eigenvalue weighted by Gasteiger charge is 2.16. The average Bonchev–Trinajstić information content (AvgIpc) is 2.95. The second-order valence-electron chi connectivity index (χ2n) is 5.44. The van der Waals surface area contributed by atoms with Gasteiger partial charge in [0.05, 0.1) is 5.56 Å². The lowest BCUT2D eigenvalue weighted by atomic mass is 10.2. The Morgan fingerprint density at radius 2 is 1.79 bits per heavy atom. The maximum Gasteiger partial charge on any atom is 0.345 e. The number of anilines is 1. The first-order valence-electron chi connectivity index (χ1n) is 7.76. The van der Waals surface area contributed by atoms with Crippen molar-refractivity contribution in [3.05, 3.63) is 60.3 Å². The highest BCUT2D eigenvalue weighted by molar-refractivity contribution is 6.05. The lowest BCUT2D eigenvalue weighted by Gasteiger charge is -2.05. The highest BCUT2D eigenvalue weighted by atomic mass is 16.5. The molecule has 0 aliphatic rings. The zero-order valence-corrected chi connectivity index (χ0v) is 13.6. The van der Waals surface area contributed by atoms with Crippen molar-refractivity contribution in [1.82, 2.24) is 4.57 Å². The summed E-state index contributed by atoms with van der Waals surface area (Å²) in [5.74, 6) is -0.111. The number of para-hydroxylation sites is 1. The fourth-order valence-corrected chi connectivity index (χ4v) is 2.64. The van der Waals surface area contributed by atoms with Gasteiger partial charge in [-0.05, 0) is 37.3 Å². The molecule has 0 fully saturated rings. The summed E-state index contributed by atoms with van der Waals surface area (Å²) in [7, 11) is 0. The Bertz CT molecular complexity index is 895. The van der Waals surface area contributed by atoms with Crippen molar-refractivity contribution in [3.8, 4) is 5.75 Å². The van der Waals surface area contributed by atoms with E-state index in [1.165, 1.54) is 6.92 Å². The summed E-state index contributed by atoms with van der Waals surface area (Å²) in [5.41, 5.74) is 2.20. The van der Waals surface area contributed by atoms with Crippen molar-refractivity contribution in [2.45, 2.75) is 20.4 Å². The molecule has 0 atom stereocenters. The Kier molecular flexibility index (Phi) is 4.33. The van der Waals surface area contributed by atoms with Crippen molar-refractivity contribution in [1.29, 1.82) is 0 Å². The highest BCUT2D eigenvalue weighted by Crippen LogP contribution is 2.23. The molecule has 3 rings (SSSR count). The smallest absolute Gasteiger partial charge is 0.345 e. The summed E-state index contributed by atoms with van der Waals surface area (Å²) in [6.07, 6.45) is 1.82. The number of rotatable bonds is 4. The number of nitrogens with one attached hydrogen (secondary N) is 1. The van der Waals surface area contributed by atoms with Gasteiger partial charge in [-0.25, -0.2) is 4.79 Å². The number of aromatic nitrogens is 1. The number of benzene rings is 2. The zero-order valence-electron chi connectivity index (χ0n) is 13.6. The van der Waals surface area contributed by atoms with Crippen LogP contribution in [0.15, 0.2) is 54.7 Å². The summed E-state index contributed by atoms with van der Waals surface area (Å²) in [5, 5.41) is 3.54. The number of ether oxygens (including phenoxy) is 1. The molecule has 2 aromatic carbocycles. The minimum absolute atomic E-state index is 0.146. The largest absolute Gasteiger partial charge is 0.423 e. The molecule has 1 aromatic heterocycles. The first kappa shape index (κ1) is 15.8. The van der Waals surface area contributed by atoms with Gasteiger partial charge >= 0.3 is 5.97 Å². The van der Waals surface area contributed by atoms with Crippen molar-refractivity contribution in [2.24, 2.45) is 0 Å². The third kappa shape index (κ3) is 3.15. The second-order valence-corrected chi connectivity index (χ2v) is 5.44. The number of aryl methyl sites for hydroxylation is 1. The number of hydrogen-bond acceptors (Lipinski definition) is 3. The summed E-state index contributed by atoms with van der Waals surface area (Å²) in [6.45, 7) is 4.25. The van der Waals surface area contributed by atoms with Crippen molar-refractivity contribution >= 4 is 28.5 Å². The molecule has 5 nitrogen and oxygen atoms in total. The molecule has 0 unspecified atom stereocenters. The van der Waals surface area contributed by atoms with Gasteiger partial charge in [-0.3, -0.25) is 4.79 Å². The normalized spacial score (nSPS) is 10.6. The molecule has 1 N–H and O–H groups in total. The van der Waals surface area contributed by atoms with Gasteiger partial charge < -0.3 is 14.6 Å². The molecule has 0 saturated heterocycles. The van der Waals surface area contributed by atoms with Crippen LogP contribution < -0.4 is 10.1 Å². The van der Waals surface area contributed by atoms with Crippen LogP contribution in [0.1, 0.15) is 24.2 Å². The molecule has 5 heteroatoms. The molecule has 0 aliphatic carbocycles. The molecule has 1 heterocycles. The van der Waals surface area contributed by atoms with E-state index < -0.39 is 5.97 Å². The van der Waals surface area contributed by atoms with E-state index in [-0.39, 0.29) is 5.91 Å². The first-order valence-corrected chi connectivity index (χ1v) is 7.76. The first-order chi connectivity index (χ1) is 11.6. The van der Waals surface area contributed by atoms with Gasteiger partial charge in [-0.15, -0.1) is 0 Å². The van der Waals surface area contributed by atoms with Crippen LogP contribution in [0.2, 0.25) is 0 Å². The van der Waals surface area contributed by atoms with Crippen LogP contribution in [0.5, 0.6) is 5.75 Å². The van der Waals surface area contributed by atoms with Gasteiger partial charge in [0, 0.05) is 36.3 Å². The third-order valence-electron chi connectivity index (χ3n) is 3.73. The lowest BCUT2D eigenvalue weighted by Crippen LogP contribution is -2.09. The van der Waals surface area contributed by atoms with Gasteiger partial charge in [0.15, 0.2) is 0 Å². The number of amides is 1. The van der Waals surface area contributed by atoms with E-state index in [1.54, 1.807) is 24.3 Å². The predicted molar refractivity (Wildman–Crippen MR) is 93.3 cm³/mol. The minimum Gasteiger partial charge on any atom is -0.423 e. The summed E-state index contributed by atoms with van der Waals surface area (Å²) in [4.78, 5) is 23.5. The topological polar surface area (TPSA) is 60.3 Å². The Balaban J connectivity index is 1.84. The lowest BCUT2D eigenvalue weighted by molar-refractivity contribution is -0.114. The van der Waals surface area contributed by atoms with Crippen LogP contribution in [-0.4, -0.2) is 16.4 Å². The Morgan fingerprint density at radius 3 is 2.46 bits per heavy atom. The van der Waals surface area contributed by atoms with Crippen LogP contribution in [0.25, 0.3) is 10.9 Å². The molecular weight excluding hydrogens is 304 g/mol. The number of esters is 1. The fourth-order valence-electron chi connectivity index (χ4n) is 2.64. The number of carbonyl (C=O) groups is 2. The Hall–Kier alpha value is -3.08. The van der Waals surface area contributed by atoms with Gasteiger partial charge in [0.25, 0.3) is 0 Å². The quantitative estimate of drug-likeness (QED) is 0.586. The van der Waals surface area contributed by atoms with Gasteiger partial charge in [-0.2, -0.15) is 0 Å². The van der Waals surface area contributed by atoms with E-state index in [4.69, 9.17) is 4.74 Å². The number of carbonyl (C=O) groups excluding carboxylic acids is 2. The van der Waals surface area contributed by atoms with Crippen LogP contribution >= 0.6 is 0 Å². The summed E-state index contributed by atoms with van der Waals surface area (Å²) < 4.78 is 7.48. The van der Waals surface area contributed by atoms with Gasteiger partial charge in [-0.1, -0.05) is 18.2 Å². The molecule has 1 amide bonds. The van der Waals surface area contributed by atoms with Crippen molar-refractivity contribution < 1.29 is 14.3 Å². The van der Waals surface area contributed by atoms with E-state index in [0.29, 0.717) is 17.0 Å². The van der Waals surface area contributed by atoms with Crippen LogP contribution in [0, 0.1) is 0 Å². The summed E-state index contributed by atoms with van der Waals surface area (Å²) >= 11 is 0. The maximum absolute atomic E-state index is 12.5. The van der Waals surface area contributed by atoms with Crippen molar-refractivity contribution in [3.63, 3.8) is 0 Å². The molecule has 0 saturated carbocycles. The second kappa shape index (κ2) is 6.58. The maximum atomic E-state index is 12.5. The average molecular weight is 322 g/mol. The number of nitrogens with zero attached hydrogens (tertiary/aromatic N) is 1. The van der Waals surface area contributed by atoms with Crippen LogP contribution in [-0.2, 0) is 11.3 Å². The predicted octanol–water partition coefficient (Wildman–Crippen LogP) is 3.84. The molecule has 3 aromatic rings. The van der Waals surface area contributed by atoms with Gasteiger partial charge in [0.2, 0.25) is 5.91 Å². The van der Waals surface area contributed by atoms with E-state index in [0.717, 1.165) is 17.4 Å². The van der Waals surface area contributed by atoms with E-state index in [9.17, 15) is 9.59 Å². The molecule has 24 heavy (non-hydrogen) atoms. The van der Waals surface area contributed by atoms with Crippen molar-refractivity contribution in [2.75, 3.05) is 5.32 Å². The SMILES string of the molecule is CCn1cc(C(=O)Oc2ccc(NC(C)=O)cc2)c2ccccc21. The van der Waals surface area contributed by atoms with E-state index in [1.807, 2.05) is 42.0 Å². The van der Waals surface area contributed by atoms with Crippen LogP contribution in [0.3, 0.4) is 0 Å². The molecule has 0 aliphatic heterocycles. The zero-order chi connectivity index (χ0) is 17.1. The van der Waals surface area contributed by atoms with E-state index in [2.05, 4.69) is 5.32 Å². The molecule has 0 spiro atoms. The fraction of sp³-hybridized carbons (Fsp3) is 0.158.